The molecule has 0 saturated heterocycles. The number of halogens is 2. The molecule has 0 unspecified atom stereocenters. The molecule has 5 heteroatoms. The molecular weight excluding hydrogens is 400 g/mol. The van der Waals surface area contributed by atoms with Crippen LogP contribution in [0.5, 0.6) is 5.75 Å². The van der Waals surface area contributed by atoms with Crippen LogP contribution in [0.4, 0.5) is 0 Å². The summed E-state index contributed by atoms with van der Waals surface area (Å²) in [6.45, 7) is 0. The first-order valence-electron chi connectivity index (χ1n) is 8.34. The van der Waals surface area contributed by atoms with E-state index in [1.807, 2.05) is 36.4 Å². The van der Waals surface area contributed by atoms with E-state index < -0.39 is 0 Å². The van der Waals surface area contributed by atoms with Gasteiger partial charge in [-0.15, -0.1) is 0 Å². The standard InChI is InChI=1S/C20H16BrClN2O/c21-15-9-10-16-19(20(22)17(11-23)24-16)18(15)12-5-7-14(8-6-12)25-13-3-1-2-4-13/h5-10,13,24H,1-4H2. The largest absolute Gasteiger partial charge is 0.490 e. The van der Waals surface area contributed by atoms with Crippen molar-refractivity contribution in [3.63, 3.8) is 0 Å². The Bertz CT molecular complexity index is 966. The van der Waals surface area contributed by atoms with Crippen molar-refractivity contribution >= 4 is 38.4 Å². The van der Waals surface area contributed by atoms with E-state index in [1.54, 1.807) is 0 Å². The smallest absolute Gasteiger partial charge is 0.137 e. The molecule has 0 radical (unpaired) electrons. The number of fused-ring (bicyclic) bond motifs is 1. The molecule has 0 atom stereocenters. The van der Waals surface area contributed by atoms with Crippen LogP contribution in [0, 0.1) is 11.3 Å². The minimum atomic E-state index is 0.346. The van der Waals surface area contributed by atoms with Gasteiger partial charge in [0.05, 0.1) is 11.1 Å². The molecule has 1 aromatic heterocycles. The van der Waals surface area contributed by atoms with Gasteiger partial charge in [-0.3, -0.25) is 0 Å². The highest BCUT2D eigenvalue weighted by Gasteiger charge is 2.18. The molecule has 1 saturated carbocycles. The molecular formula is C20H16BrClN2O. The predicted octanol–water partition coefficient (Wildman–Crippen LogP) is 6.44. The van der Waals surface area contributed by atoms with Crippen LogP contribution in [-0.4, -0.2) is 11.1 Å². The summed E-state index contributed by atoms with van der Waals surface area (Å²) in [5, 5.41) is 10.5. The number of nitriles is 1. The predicted molar refractivity (Wildman–Crippen MR) is 104 cm³/mol. The summed E-state index contributed by atoms with van der Waals surface area (Å²) < 4.78 is 6.98. The third kappa shape index (κ3) is 3.03. The van der Waals surface area contributed by atoms with Crippen molar-refractivity contribution in [3.8, 4) is 22.9 Å². The summed E-state index contributed by atoms with van der Waals surface area (Å²) in [5.74, 6) is 0.900. The lowest BCUT2D eigenvalue weighted by Crippen LogP contribution is -2.10. The van der Waals surface area contributed by atoms with E-state index in [0.29, 0.717) is 16.8 Å². The monoisotopic (exact) mass is 414 g/mol. The topological polar surface area (TPSA) is 48.8 Å². The third-order valence-corrected chi connectivity index (χ3v) is 5.75. The van der Waals surface area contributed by atoms with Crippen LogP contribution in [0.2, 0.25) is 5.02 Å². The second kappa shape index (κ2) is 6.74. The Morgan fingerprint density at radius 2 is 1.84 bits per heavy atom. The Morgan fingerprint density at radius 1 is 1.12 bits per heavy atom. The van der Waals surface area contributed by atoms with Gasteiger partial charge >= 0.3 is 0 Å². The fraction of sp³-hybridized carbons (Fsp3) is 0.250. The second-order valence-corrected chi connectivity index (χ2v) is 7.55. The molecule has 1 fully saturated rings. The SMILES string of the molecule is N#Cc1[nH]c2ccc(Br)c(-c3ccc(OC4CCCC4)cc3)c2c1Cl. The lowest BCUT2D eigenvalue weighted by molar-refractivity contribution is 0.210. The number of ether oxygens (including phenoxy) is 1. The number of nitrogens with zero attached hydrogens (tertiary/aromatic N) is 1. The van der Waals surface area contributed by atoms with Crippen molar-refractivity contribution in [3.05, 3.63) is 51.6 Å². The molecule has 1 aliphatic carbocycles. The van der Waals surface area contributed by atoms with Gasteiger partial charge in [0.15, 0.2) is 0 Å². The zero-order chi connectivity index (χ0) is 17.4. The highest BCUT2D eigenvalue weighted by atomic mass is 79.9. The van der Waals surface area contributed by atoms with Gasteiger partial charge in [-0.2, -0.15) is 5.26 Å². The van der Waals surface area contributed by atoms with E-state index >= 15 is 0 Å². The zero-order valence-corrected chi connectivity index (χ0v) is 15.8. The van der Waals surface area contributed by atoms with Gasteiger partial charge in [0.2, 0.25) is 0 Å². The van der Waals surface area contributed by atoms with Gasteiger partial charge in [0, 0.05) is 20.9 Å². The summed E-state index contributed by atoms with van der Waals surface area (Å²) >= 11 is 10.1. The van der Waals surface area contributed by atoms with E-state index in [2.05, 4.69) is 27.0 Å². The summed E-state index contributed by atoms with van der Waals surface area (Å²) in [5.41, 5.74) is 3.25. The Labute approximate surface area is 159 Å². The molecule has 1 N–H and O–H groups in total. The fourth-order valence-corrected chi connectivity index (χ4v) is 4.33. The van der Waals surface area contributed by atoms with Crippen LogP contribution in [-0.2, 0) is 0 Å². The van der Waals surface area contributed by atoms with Crippen LogP contribution >= 0.6 is 27.5 Å². The number of hydrogen-bond acceptors (Lipinski definition) is 2. The number of benzene rings is 2. The molecule has 1 aliphatic rings. The highest BCUT2D eigenvalue weighted by molar-refractivity contribution is 9.10. The van der Waals surface area contributed by atoms with Crippen molar-refractivity contribution in [2.75, 3.05) is 0 Å². The van der Waals surface area contributed by atoms with Gasteiger partial charge in [-0.25, -0.2) is 0 Å². The first-order valence-corrected chi connectivity index (χ1v) is 9.51. The average molecular weight is 416 g/mol. The zero-order valence-electron chi connectivity index (χ0n) is 13.5. The van der Waals surface area contributed by atoms with Gasteiger partial charge < -0.3 is 9.72 Å². The third-order valence-electron chi connectivity index (χ3n) is 4.71. The molecule has 0 spiro atoms. The Kier molecular flexibility index (Phi) is 4.45. The molecule has 2 aromatic carbocycles. The van der Waals surface area contributed by atoms with E-state index in [4.69, 9.17) is 16.3 Å². The molecule has 25 heavy (non-hydrogen) atoms. The van der Waals surface area contributed by atoms with Crippen molar-refractivity contribution in [2.24, 2.45) is 0 Å². The van der Waals surface area contributed by atoms with Crippen molar-refractivity contribution in [2.45, 2.75) is 31.8 Å². The average Bonchev–Trinajstić information content (AvgIpc) is 3.24. The number of aromatic nitrogens is 1. The Hall–Kier alpha value is -1.96. The summed E-state index contributed by atoms with van der Waals surface area (Å²) in [6.07, 6.45) is 5.14. The maximum absolute atomic E-state index is 9.23. The molecule has 4 rings (SSSR count). The Morgan fingerprint density at radius 3 is 2.52 bits per heavy atom. The van der Waals surface area contributed by atoms with Gasteiger partial charge in [-0.05, 0) is 55.5 Å². The lowest BCUT2D eigenvalue weighted by atomic mass is 10.0. The number of aromatic amines is 1. The summed E-state index contributed by atoms with van der Waals surface area (Å²) in [6, 6.07) is 14.1. The van der Waals surface area contributed by atoms with Crippen molar-refractivity contribution in [1.82, 2.24) is 4.98 Å². The van der Waals surface area contributed by atoms with Crippen LogP contribution in [0.15, 0.2) is 40.9 Å². The quantitative estimate of drug-likeness (QED) is 0.535. The molecule has 1 heterocycles. The Balaban J connectivity index is 1.75. The van der Waals surface area contributed by atoms with E-state index in [1.165, 1.54) is 12.8 Å². The number of rotatable bonds is 3. The first-order chi connectivity index (χ1) is 12.2. The van der Waals surface area contributed by atoms with Crippen LogP contribution < -0.4 is 4.74 Å². The van der Waals surface area contributed by atoms with Crippen molar-refractivity contribution in [1.29, 1.82) is 5.26 Å². The van der Waals surface area contributed by atoms with Crippen LogP contribution in [0.3, 0.4) is 0 Å². The summed E-state index contributed by atoms with van der Waals surface area (Å²) in [4.78, 5) is 3.07. The van der Waals surface area contributed by atoms with Gasteiger partial charge in [0.25, 0.3) is 0 Å². The molecule has 3 aromatic rings. The minimum Gasteiger partial charge on any atom is -0.490 e. The second-order valence-electron chi connectivity index (χ2n) is 6.32. The maximum atomic E-state index is 9.23. The molecule has 126 valence electrons. The molecule has 3 nitrogen and oxygen atoms in total. The fourth-order valence-electron chi connectivity index (χ4n) is 3.48. The van der Waals surface area contributed by atoms with Crippen LogP contribution in [0.25, 0.3) is 22.0 Å². The number of H-pyrrole nitrogens is 1. The molecule has 0 bridgehead atoms. The van der Waals surface area contributed by atoms with Gasteiger partial charge in [-0.1, -0.05) is 39.7 Å². The van der Waals surface area contributed by atoms with E-state index in [9.17, 15) is 5.26 Å². The maximum Gasteiger partial charge on any atom is 0.137 e. The van der Waals surface area contributed by atoms with E-state index in [-0.39, 0.29) is 0 Å². The first kappa shape index (κ1) is 16.5. The minimum absolute atomic E-state index is 0.346. The molecule has 0 amide bonds. The van der Waals surface area contributed by atoms with Crippen LogP contribution in [0.1, 0.15) is 31.4 Å². The van der Waals surface area contributed by atoms with Crippen molar-refractivity contribution < 1.29 is 4.74 Å². The van der Waals surface area contributed by atoms with E-state index in [0.717, 1.165) is 45.1 Å². The number of nitrogens with one attached hydrogen (secondary N) is 1. The number of hydrogen-bond donors (Lipinski definition) is 1. The van der Waals surface area contributed by atoms with Gasteiger partial charge in [0.1, 0.15) is 17.5 Å². The molecule has 0 aliphatic heterocycles. The normalized spacial score (nSPS) is 14.8. The summed E-state index contributed by atoms with van der Waals surface area (Å²) in [7, 11) is 0. The lowest BCUT2D eigenvalue weighted by Gasteiger charge is -2.14. The highest BCUT2D eigenvalue weighted by Crippen LogP contribution is 2.41.